The normalized spacial score (nSPS) is 18.3. The van der Waals surface area contributed by atoms with E-state index in [-0.39, 0.29) is 20.0 Å². The number of cyclic esters (lactones) is 1. The van der Waals surface area contributed by atoms with Crippen LogP contribution >= 0.6 is 0 Å². The lowest BCUT2D eigenvalue weighted by Crippen LogP contribution is -2.48. The Morgan fingerprint density at radius 2 is 1.63 bits per heavy atom. The first kappa shape index (κ1) is 22.9. The van der Waals surface area contributed by atoms with Gasteiger partial charge in [-0.1, -0.05) is 66.7 Å². The van der Waals surface area contributed by atoms with Crippen LogP contribution in [-0.4, -0.2) is 47.6 Å². The van der Waals surface area contributed by atoms with Gasteiger partial charge >= 0.3 is 6.09 Å². The van der Waals surface area contributed by atoms with E-state index in [1.165, 1.54) is 0 Å². The molecule has 180 valence electrons. The summed E-state index contributed by atoms with van der Waals surface area (Å²) >= 11 is 0. The standard InChI is InChI=1S/C27H25NO7/c29-24(20-11-12-22-23(14-20)35-17-34-22)25(32-15-19-9-5-2-6-10-19)26(30)28-21(16-33-27(28)31)13-18-7-3-1-4-8-18/h1-12,14,21,24-25,29H,13,15-17H2/t21-,24+,25-/m1/s1. The van der Waals surface area contributed by atoms with Crippen LogP contribution in [0.4, 0.5) is 4.79 Å². The zero-order valence-corrected chi connectivity index (χ0v) is 18.9. The molecule has 0 aromatic heterocycles. The smallest absolute Gasteiger partial charge is 0.417 e. The van der Waals surface area contributed by atoms with Gasteiger partial charge in [-0.25, -0.2) is 9.69 Å². The first-order valence-electron chi connectivity index (χ1n) is 11.4. The van der Waals surface area contributed by atoms with Crippen molar-refractivity contribution in [2.75, 3.05) is 13.4 Å². The van der Waals surface area contributed by atoms with Gasteiger partial charge in [-0.15, -0.1) is 0 Å². The SMILES string of the molecule is O=C1OC[C@@H](Cc2ccccc2)N1C(=O)[C@H](OCc1ccccc1)[C@@H](O)c1ccc2c(c1)OCO2. The van der Waals surface area contributed by atoms with Crippen molar-refractivity contribution in [3.63, 3.8) is 0 Å². The van der Waals surface area contributed by atoms with Gasteiger partial charge in [0.1, 0.15) is 12.7 Å². The maximum atomic E-state index is 13.7. The second-order valence-electron chi connectivity index (χ2n) is 8.40. The summed E-state index contributed by atoms with van der Waals surface area (Å²) in [4.78, 5) is 27.4. The molecule has 0 aliphatic carbocycles. The van der Waals surface area contributed by atoms with Crippen molar-refractivity contribution in [1.29, 1.82) is 0 Å². The van der Waals surface area contributed by atoms with Gasteiger partial charge < -0.3 is 24.1 Å². The van der Waals surface area contributed by atoms with Gasteiger partial charge in [0.05, 0.1) is 12.6 Å². The summed E-state index contributed by atoms with van der Waals surface area (Å²) in [5.41, 5.74) is 2.20. The topological polar surface area (TPSA) is 94.5 Å². The Kier molecular flexibility index (Phi) is 6.65. The highest BCUT2D eigenvalue weighted by Gasteiger charge is 2.44. The summed E-state index contributed by atoms with van der Waals surface area (Å²) in [6.45, 7) is 0.235. The molecule has 2 heterocycles. The molecular weight excluding hydrogens is 450 g/mol. The molecule has 0 bridgehead atoms. The molecular formula is C27H25NO7. The number of hydrogen-bond acceptors (Lipinski definition) is 7. The fourth-order valence-electron chi connectivity index (χ4n) is 4.23. The van der Waals surface area contributed by atoms with Crippen LogP contribution in [0.15, 0.2) is 78.9 Å². The Hall–Kier alpha value is -3.88. The Bertz CT molecular complexity index is 1180. The zero-order chi connectivity index (χ0) is 24.2. The molecule has 0 radical (unpaired) electrons. The van der Waals surface area contributed by atoms with Gasteiger partial charge in [0, 0.05) is 0 Å². The highest BCUT2D eigenvalue weighted by molar-refractivity contribution is 5.96. The van der Waals surface area contributed by atoms with Crippen molar-refractivity contribution in [3.05, 3.63) is 95.6 Å². The number of hydrogen-bond donors (Lipinski definition) is 1. The minimum Gasteiger partial charge on any atom is -0.454 e. The van der Waals surface area contributed by atoms with Crippen LogP contribution in [0.1, 0.15) is 22.8 Å². The lowest BCUT2D eigenvalue weighted by atomic mass is 10.0. The first-order valence-corrected chi connectivity index (χ1v) is 11.4. The Morgan fingerprint density at radius 3 is 2.37 bits per heavy atom. The molecule has 35 heavy (non-hydrogen) atoms. The third kappa shape index (κ3) is 4.99. The molecule has 1 fully saturated rings. The van der Waals surface area contributed by atoms with Crippen molar-refractivity contribution < 1.29 is 33.6 Å². The summed E-state index contributed by atoms with van der Waals surface area (Å²) in [6.07, 6.45) is -3.02. The third-order valence-corrected chi connectivity index (χ3v) is 6.05. The van der Waals surface area contributed by atoms with Crippen molar-refractivity contribution in [2.45, 2.75) is 31.3 Å². The van der Waals surface area contributed by atoms with E-state index in [0.717, 1.165) is 16.0 Å². The Morgan fingerprint density at radius 1 is 0.943 bits per heavy atom. The number of nitrogens with zero attached hydrogens (tertiary/aromatic N) is 1. The number of amides is 2. The molecule has 0 unspecified atom stereocenters. The molecule has 8 nitrogen and oxygen atoms in total. The number of rotatable bonds is 8. The van der Waals surface area contributed by atoms with E-state index in [9.17, 15) is 14.7 Å². The average molecular weight is 475 g/mol. The van der Waals surface area contributed by atoms with Crippen LogP contribution in [0.2, 0.25) is 0 Å². The first-order chi connectivity index (χ1) is 17.1. The van der Waals surface area contributed by atoms with Gasteiger partial charge in [-0.2, -0.15) is 0 Å². The van der Waals surface area contributed by atoms with Crippen LogP contribution < -0.4 is 9.47 Å². The number of ether oxygens (including phenoxy) is 4. The maximum Gasteiger partial charge on any atom is 0.417 e. The Balaban J connectivity index is 1.41. The van der Waals surface area contributed by atoms with Crippen LogP contribution in [0.3, 0.4) is 0 Å². The van der Waals surface area contributed by atoms with E-state index >= 15 is 0 Å². The summed E-state index contributed by atoms with van der Waals surface area (Å²) in [7, 11) is 0. The number of aliphatic hydroxyl groups is 1. The van der Waals surface area contributed by atoms with E-state index in [1.807, 2.05) is 60.7 Å². The quantitative estimate of drug-likeness (QED) is 0.532. The van der Waals surface area contributed by atoms with Gasteiger partial charge in [-0.05, 0) is 35.2 Å². The van der Waals surface area contributed by atoms with Crippen molar-refractivity contribution in [2.24, 2.45) is 0 Å². The zero-order valence-electron chi connectivity index (χ0n) is 18.9. The number of benzene rings is 3. The van der Waals surface area contributed by atoms with E-state index < -0.39 is 30.3 Å². The van der Waals surface area contributed by atoms with E-state index in [4.69, 9.17) is 18.9 Å². The molecule has 5 rings (SSSR count). The second-order valence-corrected chi connectivity index (χ2v) is 8.40. The molecule has 2 aliphatic rings. The largest absolute Gasteiger partial charge is 0.454 e. The Labute approximate surface area is 202 Å². The maximum absolute atomic E-state index is 13.7. The van der Waals surface area contributed by atoms with E-state index in [1.54, 1.807) is 18.2 Å². The predicted octanol–water partition coefficient (Wildman–Crippen LogP) is 3.62. The molecule has 3 atom stereocenters. The molecule has 0 saturated carbocycles. The number of carbonyl (C=O) groups excluding carboxylic acids is 2. The van der Waals surface area contributed by atoms with Gasteiger partial charge in [0.25, 0.3) is 5.91 Å². The van der Waals surface area contributed by atoms with E-state index in [2.05, 4.69) is 0 Å². The number of imide groups is 1. The predicted molar refractivity (Wildman–Crippen MR) is 125 cm³/mol. The van der Waals surface area contributed by atoms with Gasteiger partial charge in [0.15, 0.2) is 17.6 Å². The molecule has 2 amide bonds. The summed E-state index contributed by atoms with van der Waals surface area (Å²) in [5, 5.41) is 11.3. The van der Waals surface area contributed by atoms with Crippen LogP contribution in [0.25, 0.3) is 0 Å². The fraction of sp³-hybridized carbons (Fsp3) is 0.259. The minimum absolute atomic E-state index is 0.0744. The lowest BCUT2D eigenvalue weighted by molar-refractivity contribution is -0.151. The van der Waals surface area contributed by atoms with Crippen LogP contribution in [-0.2, 0) is 27.3 Å². The second kappa shape index (κ2) is 10.2. The molecule has 3 aromatic carbocycles. The monoisotopic (exact) mass is 475 g/mol. The van der Waals surface area contributed by atoms with Crippen LogP contribution in [0, 0.1) is 0 Å². The molecule has 2 aliphatic heterocycles. The summed E-state index contributed by atoms with van der Waals surface area (Å²) in [5.74, 6) is 0.368. The van der Waals surface area contributed by atoms with Crippen LogP contribution in [0.5, 0.6) is 11.5 Å². The van der Waals surface area contributed by atoms with Crippen molar-refractivity contribution in [1.82, 2.24) is 4.90 Å². The molecule has 8 heteroatoms. The van der Waals surface area contributed by atoms with Gasteiger partial charge in [0.2, 0.25) is 6.79 Å². The van der Waals surface area contributed by atoms with Gasteiger partial charge in [-0.3, -0.25) is 4.79 Å². The third-order valence-electron chi connectivity index (χ3n) is 6.05. The fourth-order valence-corrected chi connectivity index (χ4v) is 4.23. The molecule has 1 saturated heterocycles. The van der Waals surface area contributed by atoms with Crippen molar-refractivity contribution >= 4 is 12.0 Å². The average Bonchev–Trinajstić information content (AvgIpc) is 3.51. The number of carbonyl (C=O) groups is 2. The molecule has 0 spiro atoms. The number of fused-ring (bicyclic) bond motifs is 1. The molecule has 3 aromatic rings. The van der Waals surface area contributed by atoms with E-state index in [0.29, 0.717) is 23.5 Å². The lowest BCUT2D eigenvalue weighted by Gasteiger charge is -2.28. The summed E-state index contributed by atoms with van der Waals surface area (Å²) in [6, 6.07) is 23.3. The molecule has 1 N–H and O–H groups in total. The summed E-state index contributed by atoms with van der Waals surface area (Å²) < 4.78 is 21.9. The minimum atomic E-state index is -1.36. The number of aliphatic hydroxyl groups excluding tert-OH is 1. The highest BCUT2D eigenvalue weighted by atomic mass is 16.7. The van der Waals surface area contributed by atoms with Crippen molar-refractivity contribution in [3.8, 4) is 11.5 Å². The highest BCUT2D eigenvalue weighted by Crippen LogP contribution is 2.36.